The third-order valence-electron chi connectivity index (χ3n) is 0.239. The summed E-state index contributed by atoms with van der Waals surface area (Å²) in [5.74, 6) is -2.56. The van der Waals surface area contributed by atoms with Crippen LogP contribution < -0.4 is 19.8 Å². The zero-order valence-corrected chi connectivity index (χ0v) is 5.95. The molecule has 66 valence electrons. The van der Waals surface area contributed by atoms with E-state index in [1.807, 2.05) is 0 Å². The molecule has 0 saturated carbocycles. The molecular formula is C3H3O7P-4. The van der Waals surface area contributed by atoms with Crippen molar-refractivity contribution < 1.29 is 34.3 Å². The van der Waals surface area contributed by atoms with Gasteiger partial charge in [0.25, 0.3) is 0 Å². The smallest absolute Gasteiger partial charge is 0.319 e. The maximum Gasteiger partial charge on any atom is 0.319 e. The minimum Gasteiger partial charge on any atom is -0.868 e. The summed E-state index contributed by atoms with van der Waals surface area (Å²) >= 11 is 0. The van der Waals surface area contributed by atoms with Crippen LogP contribution in [0.1, 0.15) is 0 Å². The Labute approximate surface area is 61.5 Å². The molecule has 0 aliphatic carbocycles. The largest absolute Gasteiger partial charge is 0.868 e. The van der Waals surface area contributed by atoms with Crippen LogP contribution in [0.4, 0.5) is 0 Å². The molecule has 0 unspecified atom stereocenters. The summed E-state index contributed by atoms with van der Waals surface area (Å²) in [6, 6.07) is 0. The average molecular weight is 182 g/mol. The molecule has 0 spiro atoms. The Morgan fingerprint density at radius 2 is 1.45 bits per heavy atom. The molecule has 0 rings (SSSR count). The fraction of sp³-hybridized carbons (Fsp3) is 0. The van der Waals surface area contributed by atoms with E-state index in [4.69, 9.17) is 24.4 Å². The molecule has 0 amide bonds. The SMILES string of the molecule is C=C([O-])C(=O)O.O=P([O-])([O-])[O-]. The molecule has 0 aromatic heterocycles. The Bertz CT molecular complexity index is 170. The molecule has 7 nitrogen and oxygen atoms in total. The summed E-state index contributed by atoms with van der Waals surface area (Å²) in [4.78, 5) is 34.9. The van der Waals surface area contributed by atoms with E-state index in [0.717, 1.165) is 0 Å². The molecule has 0 aromatic rings. The summed E-state index contributed by atoms with van der Waals surface area (Å²) in [7, 11) is -5.39. The highest BCUT2D eigenvalue weighted by Crippen LogP contribution is 2.03. The number of aliphatic carboxylic acids is 1. The predicted molar refractivity (Wildman–Crippen MR) is 24.4 cm³/mol. The first-order valence-electron chi connectivity index (χ1n) is 1.97. The van der Waals surface area contributed by atoms with Crippen molar-refractivity contribution in [2.45, 2.75) is 0 Å². The van der Waals surface area contributed by atoms with E-state index in [1.165, 1.54) is 0 Å². The van der Waals surface area contributed by atoms with Gasteiger partial charge in [0.1, 0.15) is 0 Å². The number of carbonyl (C=O) groups is 1. The van der Waals surface area contributed by atoms with Gasteiger partial charge in [0.15, 0.2) is 0 Å². The number of carboxylic acids is 1. The fourth-order valence-corrected chi connectivity index (χ4v) is 0. The van der Waals surface area contributed by atoms with Gasteiger partial charge >= 0.3 is 5.97 Å². The first-order valence-corrected chi connectivity index (χ1v) is 3.43. The molecular weight excluding hydrogens is 179 g/mol. The van der Waals surface area contributed by atoms with Crippen molar-refractivity contribution in [2.24, 2.45) is 0 Å². The quantitative estimate of drug-likeness (QED) is 0.247. The van der Waals surface area contributed by atoms with Gasteiger partial charge in [-0.15, -0.1) is 0 Å². The maximum absolute atomic E-state index is 9.43. The van der Waals surface area contributed by atoms with Gasteiger partial charge < -0.3 is 29.5 Å². The van der Waals surface area contributed by atoms with E-state index in [0.29, 0.717) is 0 Å². The van der Waals surface area contributed by atoms with Crippen molar-refractivity contribution in [1.29, 1.82) is 0 Å². The second kappa shape index (κ2) is 4.86. The average Bonchev–Trinajstić information content (AvgIpc) is 1.59. The molecule has 0 aromatic carbocycles. The zero-order chi connectivity index (χ0) is 9.65. The summed E-state index contributed by atoms with van der Waals surface area (Å²) in [5, 5.41) is 17.0. The number of rotatable bonds is 1. The summed E-state index contributed by atoms with van der Waals surface area (Å²) in [5.41, 5.74) is 0. The van der Waals surface area contributed by atoms with Crippen LogP contribution in [0.25, 0.3) is 0 Å². The monoisotopic (exact) mass is 182 g/mol. The van der Waals surface area contributed by atoms with Crippen LogP contribution in [0.2, 0.25) is 0 Å². The van der Waals surface area contributed by atoms with Gasteiger partial charge in [-0.25, -0.2) is 4.79 Å². The van der Waals surface area contributed by atoms with Crippen molar-refractivity contribution in [3.05, 3.63) is 12.3 Å². The Balaban J connectivity index is 0. The van der Waals surface area contributed by atoms with E-state index in [1.54, 1.807) is 0 Å². The molecule has 8 heteroatoms. The second-order valence-corrected chi connectivity index (χ2v) is 2.07. The van der Waals surface area contributed by atoms with Crippen molar-refractivity contribution in [3.63, 3.8) is 0 Å². The van der Waals surface area contributed by atoms with Gasteiger partial charge in [-0.2, -0.15) is 7.82 Å². The highest BCUT2D eigenvalue weighted by molar-refractivity contribution is 7.40. The van der Waals surface area contributed by atoms with E-state index in [-0.39, 0.29) is 0 Å². The van der Waals surface area contributed by atoms with E-state index < -0.39 is 19.6 Å². The highest BCUT2D eigenvalue weighted by Gasteiger charge is 1.82. The maximum atomic E-state index is 9.43. The summed E-state index contributed by atoms with van der Waals surface area (Å²) < 4.78 is 8.55. The standard InChI is InChI=1S/C3H4O3.H3O4P/c1-2(4)3(5)6;1-5(2,3)4/h4H,1H2,(H,5,6);(H3,1,2,3,4)/p-4. The fourth-order valence-electron chi connectivity index (χ4n) is 0. The molecule has 0 heterocycles. The molecule has 0 atom stereocenters. The molecule has 0 saturated heterocycles. The van der Waals surface area contributed by atoms with E-state index in [9.17, 15) is 9.90 Å². The van der Waals surface area contributed by atoms with E-state index >= 15 is 0 Å². The lowest BCUT2D eigenvalue weighted by molar-refractivity contribution is -0.432. The Kier molecular flexibility index (Phi) is 5.64. The van der Waals surface area contributed by atoms with Gasteiger partial charge in [-0.3, -0.25) is 0 Å². The van der Waals surface area contributed by atoms with Crippen LogP contribution in [0.5, 0.6) is 0 Å². The molecule has 0 bridgehead atoms. The minimum absolute atomic E-state index is 1.07. The van der Waals surface area contributed by atoms with Gasteiger partial charge in [0, 0.05) is 0 Å². The predicted octanol–water partition coefficient (Wildman–Crippen LogP) is -3.88. The van der Waals surface area contributed by atoms with Crippen molar-refractivity contribution >= 4 is 13.8 Å². The van der Waals surface area contributed by atoms with Crippen LogP contribution in [-0.2, 0) is 9.36 Å². The Morgan fingerprint density at radius 3 is 1.45 bits per heavy atom. The third kappa shape index (κ3) is 47.5. The number of hydrogen-bond acceptors (Lipinski definition) is 6. The lowest BCUT2D eigenvalue weighted by atomic mass is 10.6. The molecule has 0 radical (unpaired) electrons. The number of phosphoric acid groups is 1. The Morgan fingerprint density at radius 1 is 1.36 bits per heavy atom. The van der Waals surface area contributed by atoms with Crippen LogP contribution >= 0.6 is 7.82 Å². The first-order chi connectivity index (χ1) is 4.64. The van der Waals surface area contributed by atoms with Crippen molar-refractivity contribution in [1.82, 2.24) is 0 Å². The van der Waals surface area contributed by atoms with Crippen molar-refractivity contribution in [2.75, 3.05) is 0 Å². The molecule has 0 aliphatic heterocycles. The lowest BCUT2D eigenvalue weighted by Gasteiger charge is -2.36. The number of hydrogen-bond donors (Lipinski definition) is 1. The molecule has 11 heavy (non-hydrogen) atoms. The van der Waals surface area contributed by atoms with Crippen LogP contribution in [0, 0.1) is 0 Å². The molecule has 0 aliphatic rings. The van der Waals surface area contributed by atoms with Gasteiger partial charge in [-0.1, -0.05) is 6.58 Å². The number of carboxylic acid groups (broad SMARTS) is 1. The normalized spacial score (nSPS) is 9.36. The van der Waals surface area contributed by atoms with E-state index in [2.05, 4.69) is 6.58 Å². The summed E-state index contributed by atoms with van der Waals surface area (Å²) in [6.07, 6.45) is 0. The van der Waals surface area contributed by atoms with Crippen LogP contribution in [-0.4, -0.2) is 11.1 Å². The van der Waals surface area contributed by atoms with Crippen LogP contribution in [0.15, 0.2) is 12.3 Å². The molecule has 1 N–H and O–H groups in total. The highest BCUT2D eigenvalue weighted by atomic mass is 31.2. The molecule has 0 fully saturated rings. The lowest BCUT2D eigenvalue weighted by Crippen LogP contribution is -2.24. The van der Waals surface area contributed by atoms with Crippen molar-refractivity contribution in [3.8, 4) is 0 Å². The topological polar surface area (TPSA) is 147 Å². The second-order valence-electron chi connectivity index (χ2n) is 1.18. The first kappa shape index (κ1) is 12.8. The zero-order valence-electron chi connectivity index (χ0n) is 5.05. The minimum atomic E-state index is -5.39. The van der Waals surface area contributed by atoms with Crippen LogP contribution in [0.3, 0.4) is 0 Å². The Hall–Kier alpha value is -0.880. The summed E-state index contributed by atoms with van der Waals surface area (Å²) in [6.45, 7) is 2.60. The third-order valence-corrected chi connectivity index (χ3v) is 0.239. The van der Waals surface area contributed by atoms with Gasteiger partial charge in [0.2, 0.25) is 0 Å². The van der Waals surface area contributed by atoms with Gasteiger partial charge in [-0.05, 0) is 5.76 Å². The van der Waals surface area contributed by atoms with Gasteiger partial charge in [0.05, 0.1) is 0 Å².